The van der Waals surface area contributed by atoms with Gasteiger partial charge in [-0.3, -0.25) is 9.59 Å². The zero-order chi connectivity index (χ0) is 19.2. The average Bonchev–Trinajstić information content (AvgIpc) is 2.67. The largest absolute Gasteiger partial charge is 0.489 e. The van der Waals surface area contributed by atoms with E-state index in [4.69, 9.17) is 14.2 Å². The summed E-state index contributed by atoms with van der Waals surface area (Å²) in [6, 6.07) is 12.3. The van der Waals surface area contributed by atoms with Crippen LogP contribution in [0, 0.1) is 0 Å². The van der Waals surface area contributed by atoms with Crippen LogP contribution in [0.25, 0.3) is 0 Å². The van der Waals surface area contributed by atoms with Crippen LogP contribution in [0.15, 0.2) is 42.5 Å². The number of amides is 1. The molecule has 1 aliphatic rings. The highest BCUT2D eigenvalue weighted by Gasteiger charge is 2.16. The Labute approximate surface area is 158 Å². The molecule has 0 unspecified atom stereocenters. The molecule has 2 aromatic carbocycles. The van der Waals surface area contributed by atoms with E-state index < -0.39 is 0 Å². The first-order chi connectivity index (χ1) is 13.0. The molecule has 0 radical (unpaired) electrons. The van der Waals surface area contributed by atoms with Crippen LogP contribution in [0.3, 0.4) is 0 Å². The van der Waals surface area contributed by atoms with E-state index in [1.807, 2.05) is 26.0 Å². The lowest BCUT2D eigenvalue weighted by Gasteiger charge is -2.18. The second-order valence-corrected chi connectivity index (χ2v) is 6.49. The van der Waals surface area contributed by atoms with Gasteiger partial charge in [-0.2, -0.15) is 0 Å². The summed E-state index contributed by atoms with van der Waals surface area (Å²) >= 11 is 0. The molecule has 0 bridgehead atoms. The summed E-state index contributed by atoms with van der Waals surface area (Å²) in [5.41, 5.74) is 1.11. The van der Waals surface area contributed by atoms with Crippen molar-refractivity contribution in [3.8, 4) is 17.2 Å². The number of hydrogen-bond acceptors (Lipinski definition) is 5. The van der Waals surface area contributed by atoms with Gasteiger partial charge in [0.2, 0.25) is 5.91 Å². The maximum absolute atomic E-state index is 12.4. The van der Waals surface area contributed by atoms with Gasteiger partial charge in [0.15, 0.2) is 17.3 Å². The number of benzene rings is 2. The Hall–Kier alpha value is -3.02. The van der Waals surface area contributed by atoms with Gasteiger partial charge in [-0.1, -0.05) is 12.1 Å². The molecule has 1 aliphatic heterocycles. The summed E-state index contributed by atoms with van der Waals surface area (Å²) in [4.78, 5) is 24.7. The Morgan fingerprint density at radius 1 is 1.04 bits per heavy atom. The maximum atomic E-state index is 12.4. The number of anilines is 1. The van der Waals surface area contributed by atoms with Crippen LogP contribution in [0.1, 0.15) is 37.0 Å². The van der Waals surface area contributed by atoms with Crippen molar-refractivity contribution in [2.45, 2.75) is 32.8 Å². The molecule has 0 atom stereocenters. The van der Waals surface area contributed by atoms with E-state index in [-0.39, 0.29) is 30.6 Å². The predicted octanol–water partition coefficient (Wildman–Crippen LogP) is 3.85. The lowest BCUT2D eigenvalue weighted by molar-refractivity contribution is -0.116. The van der Waals surface area contributed by atoms with E-state index in [0.717, 1.165) is 0 Å². The van der Waals surface area contributed by atoms with E-state index >= 15 is 0 Å². The van der Waals surface area contributed by atoms with Gasteiger partial charge in [0, 0.05) is 18.4 Å². The molecule has 0 aromatic heterocycles. The molecule has 0 spiro atoms. The number of carbonyl (C=O) groups excluding carboxylic acids is 2. The van der Waals surface area contributed by atoms with Crippen LogP contribution in [0.4, 0.5) is 5.69 Å². The highest BCUT2D eigenvalue weighted by Crippen LogP contribution is 2.31. The molecule has 3 rings (SSSR count). The number of nitrogens with one attached hydrogen (secondary N) is 1. The highest BCUT2D eigenvalue weighted by atomic mass is 16.6. The van der Waals surface area contributed by atoms with Crippen molar-refractivity contribution < 1.29 is 23.8 Å². The van der Waals surface area contributed by atoms with Crippen LogP contribution < -0.4 is 19.5 Å². The molecule has 2 aromatic rings. The van der Waals surface area contributed by atoms with Crippen molar-refractivity contribution in [2.75, 3.05) is 18.5 Å². The van der Waals surface area contributed by atoms with E-state index in [1.165, 1.54) is 0 Å². The molecule has 0 saturated heterocycles. The quantitative estimate of drug-likeness (QED) is 0.751. The number of ketones is 1. The van der Waals surface area contributed by atoms with Crippen LogP contribution in [0.5, 0.6) is 17.2 Å². The van der Waals surface area contributed by atoms with Crippen molar-refractivity contribution in [1.29, 1.82) is 0 Å². The number of carbonyl (C=O) groups is 2. The fraction of sp³-hybridized carbons (Fsp3) is 0.333. The topological polar surface area (TPSA) is 73.9 Å². The monoisotopic (exact) mass is 369 g/mol. The predicted molar refractivity (Wildman–Crippen MR) is 102 cm³/mol. The van der Waals surface area contributed by atoms with Gasteiger partial charge in [-0.25, -0.2) is 0 Å². The van der Waals surface area contributed by atoms with Crippen molar-refractivity contribution >= 4 is 17.4 Å². The summed E-state index contributed by atoms with van der Waals surface area (Å²) in [6.07, 6.45) is 0.196. The van der Waals surface area contributed by atoms with Crippen LogP contribution >= 0.6 is 0 Å². The molecule has 0 saturated carbocycles. The molecular formula is C21H23NO5. The SMILES string of the molecule is CC(C)Oc1ccccc1NC(=O)CCC(=O)c1ccc2c(c1)OCCO2. The molecule has 0 aliphatic carbocycles. The molecule has 142 valence electrons. The second-order valence-electron chi connectivity index (χ2n) is 6.49. The van der Waals surface area contributed by atoms with Gasteiger partial charge in [0.1, 0.15) is 19.0 Å². The first-order valence-corrected chi connectivity index (χ1v) is 9.01. The standard InChI is InChI=1S/C21H23NO5/c1-14(2)27-18-6-4-3-5-16(18)22-21(24)10-8-17(23)15-7-9-19-20(13-15)26-12-11-25-19/h3-7,9,13-14H,8,10-12H2,1-2H3,(H,22,24). The van der Waals surface area contributed by atoms with Crippen molar-refractivity contribution in [3.05, 3.63) is 48.0 Å². The summed E-state index contributed by atoms with van der Waals surface area (Å²) in [5, 5.41) is 2.81. The Kier molecular flexibility index (Phi) is 5.96. The number of rotatable bonds is 7. The molecule has 1 amide bonds. The normalized spacial score (nSPS) is 12.6. The fourth-order valence-corrected chi connectivity index (χ4v) is 2.73. The van der Waals surface area contributed by atoms with E-state index in [2.05, 4.69) is 5.32 Å². The minimum Gasteiger partial charge on any atom is -0.489 e. The number of para-hydroxylation sites is 2. The Morgan fingerprint density at radius 2 is 1.78 bits per heavy atom. The summed E-state index contributed by atoms with van der Waals surface area (Å²) < 4.78 is 16.6. The summed E-state index contributed by atoms with van der Waals surface area (Å²) in [7, 11) is 0. The Bertz CT molecular complexity index is 831. The molecular weight excluding hydrogens is 346 g/mol. The minimum absolute atomic E-state index is 0.000151. The number of hydrogen-bond donors (Lipinski definition) is 1. The maximum Gasteiger partial charge on any atom is 0.224 e. The average molecular weight is 369 g/mol. The zero-order valence-corrected chi connectivity index (χ0v) is 15.5. The number of fused-ring (bicyclic) bond motifs is 1. The van der Waals surface area contributed by atoms with E-state index in [0.29, 0.717) is 41.7 Å². The van der Waals surface area contributed by atoms with Crippen LogP contribution in [0.2, 0.25) is 0 Å². The minimum atomic E-state index is -0.235. The van der Waals surface area contributed by atoms with Gasteiger partial charge >= 0.3 is 0 Å². The molecule has 6 nitrogen and oxygen atoms in total. The molecule has 0 fully saturated rings. The first kappa shape index (κ1) is 18.8. The second kappa shape index (κ2) is 8.58. The Morgan fingerprint density at radius 3 is 2.56 bits per heavy atom. The van der Waals surface area contributed by atoms with Gasteiger partial charge in [0.25, 0.3) is 0 Å². The third-order valence-corrected chi connectivity index (χ3v) is 3.97. The molecule has 27 heavy (non-hydrogen) atoms. The Balaban J connectivity index is 1.57. The van der Waals surface area contributed by atoms with Gasteiger partial charge in [0.05, 0.1) is 11.8 Å². The molecule has 6 heteroatoms. The lowest BCUT2D eigenvalue weighted by atomic mass is 10.1. The van der Waals surface area contributed by atoms with Gasteiger partial charge in [-0.05, 0) is 44.2 Å². The smallest absolute Gasteiger partial charge is 0.224 e. The lowest BCUT2D eigenvalue weighted by Crippen LogP contribution is -2.17. The van der Waals surface area contributed by atoms with Crippen LogP contribution in [-0.4, -0.2) is 31.0 Å². The molecule has 1 N–H and O–H groups in total. The highest BCUT2D eigenvalue weighted by molar-refractivity contribution is 6.00. The van der Waals surface area contributed by atoms with Crippen molar-refractivity contribution in [3.63, 3.8) is 0 Å². The van der Waals surface area contributed by atoms with Crippen molar-refractivity contribution in [2.24, 2.45) is 0 Å². The summed E-state index contributed by atoms with van der Waals surface area (Å²) in [5.74, 6) is 1.46. The fourth-order valence-electron chi connectivity index (χ4n) is 2.73. The van der Waals surface area contributed by atoms with Crippen molar-refractivity contribution in [1.82, 2.24) is 0 Å². The van der Waals surface area contributed by atoms with Gasteiger partial charge in [-0.15, -0.1) is 0 Å². The van der Waals surface area contributed by atoms with E-state index in [1.54, 1.807) is 30.3 Å². The van der Waals surface area contributed by atoms with Crippen LogP contribution in [-0.2, 0) is 4.79 Å². The number of Topliss-reactive ketones (excluding diaryl/α,β-unsaturated/α-hetero) is 1. The number of ether oxygens (including phenoxy) is 3. The summed E-state index contributed by atoms with van der Waals surface area (Å²) in [6.45, 7) is 4.81. The molecule has 1 heterocycles. The van der Waals surface area contributed by atoms with Gasteiger partial charge < -0.3 is 19.5 Å². The van der Waals surface area contributed by atoms with E-state index in [9.17, 15) is 9.59 Å². The third-order valence-electron chi connectivity index (χ3n) is 3.97. The third kappa shape index (κ3) is 5.00. The first-order valence-electron chi connectivity index (χ1n) is 9.01. The zero-order valence-electron chi connectivity index (χ0n) is 15.5.